The number of pyridine rings is 1. The summed E-state index contributed by atoms with van der Waals surface area (Å²) in [6.07, 6.45) is 8.05. The number of H-pyrrole nitrogens is 1. The molecule has 9 heteroatoms. The molecule has 1 fully saturated rings. The number of hydrogen-bond acceptors (Lipinski definition) is 6. The second-order valence-electron chi connectivity index (χ2n) is 9.50. The molecular weight excluding hydrogens is 445 g/mol. The minimum atomic E-state index is -1.20. The zero-order chi connectivity index (χ0) is 24.0. The molecule has 0 aliphatic heterocycles. The molecule has 0 unspecified atom stereocenters. The van der Waals surface area contributed by atoms with E-state index in [-0.39, 0.29) is 0 Å². The van der Waals surface area contributed by atoms with Crippen molar-refractivity contribution in [2.45, 2.75) is 58.2 Å². The summed E-state index contributed by atoms with van der Waals surface area (Å²) in [5, 5.41) is 18.1. The maximum atomic E-state index is 15.8. The zero-order valence-electron chi connectivity index (χ0n) is 19.8. The van der Waals surface area contributed by atoms with Gasteiger partial charge in [-0.05, 0) is 48.7 Å². The van der Waals surface area contributed by atoms with E-state index < -0.39 is 5.67 Å². The maximum Gasteiger partial charge on any atom is 0.179 e. The van der Waals surface area contributed by atoms with Crippen molar-refractivity contribution < 1.29 is 8.91 Å². The Hall–Kier alpha value is -3.88. The molecule has 178 valence electrons. The van der Waals surface area contributed by atoms with Crippen molar-refractivity contribution in [3.8, 4) is 33.6 Å². The number of tetrazole rings is 1. The predicted octanol–water partition coefficient (Wildman–Crippen LogP) is 5.83. The molecule has 0 saturated heterocycles. The van der Waals surface area contributed by atoms with Crippen LogP contribution in [0.25, 0.3) is 44.7 Å². The van der Waals surface area contributed by atoms with Crippen LogP contribution in [-0.2, 0) is 6.54 Å². The summed E-state index contributed by atoms with van der Waals surface area (Å²) in [5.74, 6) is 1.35. The number of aromatic nitrogens is 7. The fraction of sp³-hybridized carbons (Fsp3) is 0.346. The SMILES string of the molecule is Cc1noc(C)c1-c1cnc2c(-c3ccc(-c4nnn[nH]4)cc3)cn(CC3(F)CCCCC3)c2c1. The van der Waals surface area contributed by atoms with E-state index in [1.165, 1.54) is 0 Å². The number of nitrogens with zero attached hydrogens (tertiary/aromatic N) is 6. The van der Waals surface area contributed by atoms with E-state index >= 15 is 4.39 Å². The smallest absolute Gasteiger partial charge is 0.179 e. The lowest BCUT2D eigenvalue weighted by Gasteiger charge is -2.30. The van der Waals surface area contributed by atoms with Crippen molar-refractivity contribution in [2.24, 2.45) is 0 Å². The van der Waals surface area contributed by atoms with Crippen LogP contribution in [-0.4, -0.2) is 41.0 Å². The second kappa shape index (κ2) is 8.41. The number of halogens is 1. The first-order chi connectivity index (χ1) is 17.0. The third-order valence-electron chi connectivity index (χ3n) is 7.06. The quantitative estimate of drug-likeness (QED) is 0.346. The summed E-state index contributed by atoms with van der Waals surface area (Å²) in [6.45, 7) is 4.14. The Labute approximate surface area is 201 Å². The summed E-state index contributed by atoms with van der Waals surface area (Å²) in [4.78, 5) is 4.85. The van der Waals surface area contributed by atoms with Crippen LogP contribution in [0.3, 0.4) is 0 Å². The van der Waals surface area contributed by atoms with Crippen LogP contribution in [0.1, 0.15) is 43.6 Å². The van der Waals surface area contributed by atoms with Gasteiger partial charge in [0.1, 0.15) is 11.4 Å². The monoisotopic (exact) mass is 471 g/mol. The minimum Gasteiger partial charge on any atom is -0.361 e. The average molecular weight is 472 g/mol. The third-order valence-corrected chi connectivity index (χ3v) is 7.06. The van der Waals surface area contributed by atoms with Gasteiger partial charge in [-0.2, -0.15) is 0 Å². The second-order valence-corrected chi connectivity index (χ2v) is 9.50. The first-order valence-corrected chi connectivity index (χ1v) is 12.0. The molecule has 0 amide bonds. The standard InChI is InChI=1S/C26H26FN7O/c1-16-23(17(2)35-31-16)20-12-22-24(28-13-20)21(14-34(22)15-26(27)10-4-3-5-11-26)18-6-8-19(9-7-18)25-29-32-33-30-25/h6-9,12-14H,3-5,10-11,15H2,1-2H3,(H,29,30,32,33). The Bertz CT molecular complexity index is 1460. The van der Waals surface area contributed by atoms with Crippen LogP contribution in [0.5, 0.6) is 0 Å². The van der Waals surface area contributed by atoms with E-state index in [9.17, 15) is 0 Å². The number of fused-ring (bicyclic) bond motifs is 1. The molecule has 0 spiro atoms. The van der Waals surface area contributed by atoms with Crippen LogP contribution in [0.2, 0.25) is 0 Å². The van der Waals surface area contributed by atoms with Gasteiger partial charge >= 0.3 is 0 Å². The molecule has 4 aromatic heterocycles. The van der Waals surface area contributed by atoms with E-state index in [0.29, 0.717) is 25.2 Å². The van der Waals surface area contributed by atoms with Gasteiger partial charge in [-0.15, -0.1) is 5.10 Å². The van der Waals surface area contributed by atoms with Gasteiger partial charge in [0.15, 0.2) is 5.82 Å². The van der Waals surface area contributed by atoms with Crippen LogP contribution in [0, 0.1) is 13.8 Å². The van der Waals surface area contributed by atoms with Gasteiger partial charge in [0.2, 0.25) is 0 Å². The lowest BCUT2D eigenvalue weighted by Crippen LogP contribution is -2.31. The van der Waals surface area contributed by atoms with Gasteiger partial charge in [0.25, 0.3) is 0 Å². The first kappa shape index (κ1) is 21.6. The number of aromatic amines is 1. The Balaban J connectivity index is 1.47. The Morgan fingerprint density at radius 2 is 1.83 bits per heavy atom. The number of benzene rings is 1. The highest BCUT2D eigenvalue weighted by Crippen LogP contribution is 2.38. The first-order valence-electron chi connectivity index (χ1n) is 12.0. The number of nitrogens with one attached hydrogen (secondary N) is 1. The normalized spacial score (nSPS) is 15.6. The fourth-order valence-corrected chi connectivity index (χ4v) is 5.28. The van der Waals surface area contributed by atoms with Crippen molar-refractivity contribution in [2.75, 3.05) is 0 Å². The highest BCUT2D eigenvalue weighted by Gasteiger charge is 2.33. The van der Waals surface area contributed by atoms with E-state index in [1.54, 1.807) is 0 Å². The highest BCUT2D eigenvalue weighted by molar-refractivity contribution is 5.95. The number of rotatable bonds is 5. The van der Waals surface area contributed by atoms with Crippen LogP contribution in [0.15, 0.2) is 47.2 Å². The molecule has 1 N–H and O–H groups in total. The zero-order valence-corrected chi connectivity index (χ0v) is 19.8. The molecule has 0 radical (unpaired) electrons. The molecule has 4 heterocycles. The lowest BCUT2D eigenvalue weighted by atomic mass is 9.86. The number of aryl methyl sites for hydroxylation is 2. The van der Waals surface area contributed by atoms with Gasteiger partial charge in [-0.25, -0.2) is 9.49 Å². The molecule has 0 bridgehead atoms. The molecule has 1 aliphatic carbocycles. The average Bonchev–Trinajstić information content (AvgIpc) is 3.59. The molecule has 6 rings (SSSR count). The van der Waals surface area contributed by atoms with Gasteiger partial charge in [0.05, 0.1) is 23.3 Å². The van der Waals surface area contributed by atoms with Gasteiger partial charge in [0, 0.05) is 34.6 Å². The number of alkyl halides is 1. The summed E-state index contributed by atoms with van der Waals surface area (Å²) >= 11 is 0. The summed E-state index contributed by atoms with van der Waals surface area (Å²) in [6, 6.07) is 10.1. The summed E-state index contributed by atoms with van der Waals surface area (Å²) in [5.41, 5.74) is 6.07. The summed E-state index contributed by atoms with van der Waals surface area (Å²) in [7, 11) is 0. The number of hydrogen-bond donors (Lipinski definition) is 1. The van der Waals surface area contributed by atoms with Crippen LogP contribution < -0.4 is 0 Å². The van der Waals surface area contributed by atoms with Crippen molar-refractivity contribution in [3.05, 3.63) is 54.2 Å². The molecule has 1 aliphatic rings. The van der Waals surface area contributed by atoms with E-state index in [1.807, 2.05) is 55.1 Å². The topological polar surface area (TPSA) is 98.3 Å². The van der Waals surface area contributed by atoms with Crippen molar-refractivity contribution in [1.82, 2.24) is 35.3 Å². The van der Waals surface area contributed by atoms with Gasteiger partial charge in [-0.3, -0.25) is 4.98 Å². The van der Waals surface area contributed by atoms with E-state index in [0.717, 1.165) is 69.6 Å². The van der Waals surface area contributed by atoms with E-state index in [2.05, 4.69) is 31.8 Å². The molecule has 1 aromatic carbocycles. The van der Waals surface area contributed by atoms with E-state index in [4.69, 9.17) is 9.51 Å². The third kappa shape index (κ3) is 3.90. The fourth-order valence-electron chi connectivity index (χ4n) is 5.28. The van der Waals surface area contributed by atoms with Gasteiger partial charge in [-0.1, -0.05) is 48.7 Å². The minimum absolute atomic E-state index is 0.318. The van der Waals surface area contributed by atoms with Gasteiger partial charge < -0.3 is 9.09 Å². The Kier molecular flexibility index (Phi) is 5.20. The Morgan fingerprint density at radius 1 is 1.06 bits per heavy atom. The van der Waals surface area contributed by atoms with Crippen LogP contribution >= 0.6 is 0 Å². The van der Waals surface area contributed by atoms with Crippen LogP contribution in [0.4, 0.5) is 4.39 Å². The predicted molar refractivity (Wildman–Crippen MR) is 130 cm³/mol. The maximum absolute atomic E-state index is 15.8. The molecular formula is C26H26FN7O. The highest BCUT2D eigenvalue weighted by atomic mass is 19.1. The Morgan fingerprint density at radius 3 is 2.51 bits per heavy atom. The molecule has 35 heavy (non-hydrogen) atoms. The van der Waals surface area contributed by atoms with Crippen molar-refractivity contribution in [1.29, 1.82) is 0 Å². The van der Waals surface area contributed by atoms with Crippen molar-refractivity contribution in [3.63, 3.8) is 0 Å². The lowest BCUT2D eigenvalue weighted by molar-refractivity contribution is 0.0873. The molecule has 5 aromatic rings. The largest absolute Gasteiger partial charge is 0.361 e. The molecule has 0 atom stereocenters. The summed E-state index contributed by atoms with van der Waals surface area (Å²) < 4.78 is 23.2. The molecule has 1 saturated carbocycles. The van der Waals surface area contributed by atoms with Crippen molar-refractivity contribution >= 4 is 11.0 Å². The molecule has 8 nitrogen and oxygen atoms in total.